The lowest BCUT2D eigenvalue weighted by Gasteiger charge is -2.05. The summed E-state index contributed by atoms with van der Waals surface area (Å²) in [5.74, 6) is -2.70. The van der Waals surface area contributed by atoms with Gasteiger partial charge in [0, 0.05) is 28.3 Å². The van der Waals surface area contributed by atoms with Crippen molar-refractivity contribution in [2.45, 2.75) is 13.8 Å². The Morgan fingerprint density at radius 2 is 1.08 bits per heavy atom. The van der Waals surface area contributed by atoms with Crippen molar-refractivity contribution in [3.63, 3.8) is 0 Å². The van der Waals surface area contributed by atoms with Crippen molar-refractivity contribution in [2.24, 2.45) is 0 Å². The third-order valence-corrected chi connectivity index (χ3v) is 1.81. The summed E-state index contributed by atoms with van der Waals surface area (Å²) in [6.45, 7) is 16.1. The van der Waals surface area contributed by atoms with E-state index in [1.165, 1.54) is 0 Å². The van der Waals surface area contributed by atoms with Crippen LogP contribution in [0.2, 0.25) is 0 Å². The van der Waals surface area contributed by atoms with E-state index in [0.717, 1.165) is 12.2 Å². The second kappa shape index (κ2) is 14.4. The Hall–Kier alpha value is -3.20. The molecule has 0 aromatic carbocycles. The summed E-state index contributed by atoms with van der Waals surface area (Å²) in [6, 6.07) is 0. The molecule has 0 saturated carbocycles. The minimum atomic E-state index is -0.859. The average molecular weight is 356 g/mol. The fraction of sp³-hybridized carbons (Fsp3) is 0.250. The van der Waals surface area contributed by atoms with E-state index in [4.69, 9.17) is 0 Å². The number of hydrogen-bond acceptors (Lipinski definition) is 9. The van der Waals surface area contributed by atoms with Crippen LogP contribution in [0.15, 0.2) is 49.6 Å². The van der Waals surface area contributed by atoms with E-state index in [-0.39, 0.29) is 13.2 Å². The minimum Gasteiger partial charge on any atom is -0.459 e. The summed E-state index contributed by atoms with van der Waals surface area (Å²) < 4.78 is 9.38. The Bertz CT molecular complexity index is 498. The van der Waals surface area contributed by atoms with E-state index in [2.05, 4.69) is 50.6 Å². The highest BCUT2D eigenvalue weighted by atomic mass is 17.5. The van der Waals surface area contributed by atoms with Gasteiger partial charge in [-0.15, -0.1) is 0 Å². The Balaban J connectivity index is 0. The molecule has 0 radical (unpaired) electrons. The first-order chi connectivity index (χ1) is 11.6. The van der Waals surface area contributed by atoms with Crippen molar-refractivity contribution in [1.82, 2.24) is 0 Å². The maximum absolute atomic E-state index is 10.8. The van der Waals surface area contributed by atoms with Crippen molar-refractivity contribution < 1.29 is 43.5 Å². The van der Waals surface area contributed by atoms with E-state index in [1.807, 2.05) is 0 Å². The van der Waals surface area contributed by atoms with Gasteiger partial charge in [0.1, 0.15) is 13.2 Å². The van der Waals surface area contributed by atoms with E-state index < -0.39 is 23.9 Å². The number of esters is 2. The molecule has 0 aliphatic rings. The smallest absolute Gasteiger partial charge is 0.369 e. The van der Waals surface area contributed by atoms with Crippen molar-refractivity contribution in [3.05, 3.63) is 49.6 Å². The zero-order valence-corrected chi connectivity index (χ0v) is 14.1. The first-order valence-corrected chi connectivity index (χ1v) is 6.64. The van der Waals surface area contributed by atoms with Gasteiger partial charge in [0.15, 0.2) is 0 Å². The molecule has 0 bridgehead atoms. The maximum atomic E-state index is 10.8. The molecule has 0 rings (SSSR count). The molecule has 0 spiro atoms. The molecule has 0 amide bonds. The summed E-state index contributed by atoms with van der Waals surface area (Å²) in [4.78, 5) is 49.7. The van der Waals surface area contributed by atoms with Crippen molar-refractivity contribution >= 4 is 23.9 Å². The molecule has 0 N–H and O–H groups in total. The predicted octanol–water partition coefficient (Wildman–Crippen LogP) is 1.52. The van der Waals surface area contributed by atoms with Crippen LogP contribution in [0.4, 0.5) is 0 Å². The largest absolute Gasteiger partial charge is 0.459 e. The molecule has 9 nitrogen and oxygen atoms in total. The number of ether oxygens (including phenoxy) is 2. The minimum absolute atomic E-state index is 0.0325. The highest BCUT2D eigenvalue weighted by Gasteiger charge is 2.05. The van der Waals surface area contributed by atoms with E-state index in [1.54, 1.807) is 13.8 Å². The standard InChI is InChI=1S/C10H14O4.C6H6O5/c1-7(2)9(11)13-5-6-14-10(12)8(3)4;1-3-5(7)9-11-10-6(8)4-2/h1,3,5-6H2,2,4H3;3-4H,1-2H2. The van der Waals surface area contributed by atoms with Gasteiger partial charge in [-0.05, 0) is 13.8 Å². The van der Waals surface area contributed by atoms with Crippen LogP contribution in [0.5, 0.6) is 0 Å². The summed E-state index contributed by atoms with van der Waals surface area (Å²) in [7, 11) is 0. The summed E-state index contributed by atoms with van der Waals surface area (Å²) in [5, 5.41) is 3.70. The molecule has 0 aliphatic carbocycles. The summed E-state index contributed by atoms with van der Waals surface area (Å²) >= 11 is 0. The summed E-state index contributed by atoms with van der Waals surface area (Å²) in [6.07, 6.45) is 1.70. The van der Waals surface area contributed by atoms with E-state index in [0.29, 0.717) is 11.1 Å². The fourth-order valence-corrected chi connectivity index (χ4v) is 0.667. The highest BCUT2D eigenvalue weighted by Crippen LogP contribution is 1.94. The van der Waals surface area contributed by atoms with Crippen LogP contribution in [0, 0.1) is 0 Å². The molecule has 0 fully saturated rings. The molecule has 9 heteroatoms. The molecular weight excluding hydrogens is 336 g/mol. The fourth-order valence-electron chi connectivity index (χ4n) is 0.667. The molecular formula is C16H20O9. The van der Waals surface area contributed by atoms with Crippen LogP contribution >= 0.6 is 0 Å². The first-order valence-electron chi connectivity index (χ1n) is 6.64. The average Bonchev–Trinajstić information content (AvgIpc) is 2.57. The van der Waals surface area contributed by atoms with Gasteiger partial charge in [0.05, 0.1) is 0 Å². The topological polar surface area (TPSA) is 114 Å². The molecule has 0 unspecified atom stereocenters. The molecule has 0 aromatic rings. The van der Waals surface area contributed by atoms with E-state index in [9.17, 15) is 19.2 Å². The molecule has 0 aliphatic heterocycles. The normalized spacial score (nSPS) is 8.56. The third-order valence-electron chi connectivity index (χ3n) is 1.81. The Morgan fingerprint density at radius 3 is 1.32 bits per heavy atom. The molecule has 0 saturated heterocycles. The maximum Gasteiger partial charge on any atom is 0.369 e. The van der Waals surface area contributed by atoms with Gasteiger partial charge in [0.25, 0.3) is 0 Å². The van der Waals surface area contributed by atoms with Gasteiger partial charge in [-0.3, -0.25) is 9.78 Å². The van der Waals surface area contributed by atoms with Gasteiger partial charge in [-0.2, -0.15) is 0 Å². The predicted molar refractivity (Wildman–Crippen MR) is 85.2 cm³/mol. The van der Waals surface area contributed by atoms with Gasteiger partial charge < -0.3 is 9.47 Å². The first kappa shape index (κ1) is 24.1. The molecule has 0 heterocycles. The monoisotopic (exact) mass is 356 g/mol. The van der Waals surface area contributed by atoms with Crippen LogP contribution in [0.3, 0.4) is 0 Å². The lowest BCUT2D eigenvalue weighted by Crippen LogP contribution is -2.14. The molecule has 0 aromatic heterocycles. The second-order valence-corrected chi connectivity index (χ2v) is 4.11. The van der Waals surface area contributed by atoms with Crippen LogP contribution < -0.4 is 0 Å². The van der Waals surface area contributed by atoms with Gasteiger partial charge in [0.2, 0.25) is 0 Å². The van der Waals surface area contributed by atoms with Gasteiger partial charge in [-0.1, -0.05) is 26.3 Å². The lowest BCUT2D eigenvalue weighted by molar-refractivity contribution is -0.455. The molecule has 0 atom stereocenters. The van der Waals surface area contributed by atoms with Crippen molar-refractivity contribution in [2.75, 3.05) is 13.2 Å². The number of hydrogen-bond donors (Lipinski definition) is 0. The van der Waals surface area contributed by atoms with Crippen LogP contribution in [0.25, 0.3) is 0 Å². The van der Waals surface area contributed by atoms with Crippen LogP contribution in [0.1, 0.15) is 13.8 Å². The Labute approximate surface area is 145 Å². The third kappa shape index (κ3) is 15.5. The lowest BCUT2D eigenvalue weighted by atomic mass is 10.4. The number of carbonyl (C=O) groups is 4. The van der Waals surface area contributed by atoms with Crippen molar-refractivity contribution in [1.29, 1.82) is 0 Å². The van der Waals surface area contributed by atoms with E-state index >= 15 is 0 Å². The second-order valence-electron chi connectivity index (χ2n) is 4.11. The summed E-state index contributed by atoms with van der Waals surface area (Å²) in [5.41, 5.74) is 0.632. The van der Waals surface area contributed by atoms with Gasteiger partial charge in [-0.25, -0.2) is 19.2 Å². The SMILES string of the molecule is C=C(C)C(=O)OCCOC(=O)C(=C)C.C=CC(=O)OOOC(=O)C=C. The zero-order valence-electron chi connectivity index (χ0n) is 14.1. The van der Waals surface area contributed by atoms with Crippen molar-refractivity contribution in [3.8, 4) is 0 Å². The molecule has 25 heavy (non-hydrogen) atoms. The van der Waals surface area contributed by atoms with Gasteiger partial charge >= 0.3 is 23.9 Å². The zero-order chi connectivity index (χ0) is 19.8. The van der Waals surface area contributed by atoms with Crippen LogP contribution in [-0.2, 0) is 43.5 Å². The number of carbonyl (C=O) groups excluding carboxylic acids is 4. The Morgan fingerprint density at radius 1 is 0.760 bits per heavy atom. The highest BCUT2D eigenvalue weighted by molar-refractivity contribution is 5.87. The van der Waals surface area contributed by atoms with Crippen LogP contribution in [-0.4, -0.2) is 37.1 Å². The molecule has 138 valence electrons. The Kier molecular flexibility index (Phi) is 13.9. The number of rotatable bonds is 9. The quantitative estimate of drug-likeness (QED) is 0.199.